The Labute approximate surface area is 168 Å². The third-order valence-electron chi connectivity index (χ3n) is 5.67. The number of nitrogens with one attached hydrogen (secondary N) is 1. The summed E-state index contributed by atoms with van der Waals surface area (Å²) >= 11 is 1.27. The average molecular weight is 399 g/mol. The summed E-state index contributed by atoms with van der Waals surface area (Å²) < 4.78 is 5.85. The highest BCUT2D eigenvalue weighted by Gasteiger charge is 2.33. The number of carbonyl (C=O) groups is 1. The molecule has 0 bridgehead atoms. The lowest BCUT2D eigenvalue weighted by Crippen LogP contribution is -2.36. The molecule has 148 valence electrons. The van der Waals surface area contributed by atoms with Crippen molar-refractivity contribution in [3.8, 4) is 0 Å². The van der Waals surface area contributed by atoms with E-state index >= 15 is 0 Å². The molecule has 2 aromatic heterocycles. The summed E-state index contributed by atoms with van der Waals surface area (Å²) in [7, 11) is 0. The lowest BCUT2D eigenvalue weighted by Gasteiger charge is -2.36. The maximum atomic E-state index is 12.4. The smallest absolute Gasteiger partial charge is 0.316 e. The van der Waals surface area contributed by atoms with Crippen LogP contribution in [0.3, 0.4) is 0 Å². The van der Waals surface area contributed by atoms with E-state index < -0.39 is 0 Å². The lowest BCUT2D eigenvalue weighted by molar-refractivity contribution is -0.152. The maximum absolute atomic E-state index is 12.4. The van der Waals surface area contributed by atoms with Crippen LogP contribution in [0.15, 0.2) is 29.4 Å². The fraction of sp³-hybridized carbons (Fsp3) is 0.524. The molecule has 1 aromatic carbocycles. The normalized spacial score (nSPS) is 22.8. The standard InChI is InChI=1S/C21H26N4O2S/c1-12(2)14-9-8-13(3)10-17(14)27-18(26)11-28-21-23-20-19(24-25-21)15-6-4-5-7-16(15)22-20/h4-7,12-14,17H,8-11H2,1-3H3,(H,22,23,25)/t13-,14+,17+/m1/s1. The molecular weight excluding hydrogens is 372 g/mol. The number of benzene rings is 1. The Bertz CT molecular complexity index is 987. The molecule has 28 heavy (non-hydrogen) atoms. The summed E-state index contributed by atoms with van der Waals surface area (Å²) in [4.78, 5) is 20.2. The maximum Gasteiger partial charge on any atom is 0.316 e. The molecule has 4 rings (SSSR count). The van der Waals surface area contributed by atoms with E-state index in [0.717, 1.165) is 29.3 Å². The number of carbonyl (C=O) groups excluding carboxylic acids is 1. The van der Waals surface area contributed by atoms with E-state index in [1.807, 2.05) is 24.3 Å². The predicted molar refractivity (Wildman–Crippen MR) is 111 cm³/mol. The van der Waals surface area contributed by atoms with E-state index in [9.17, 15) is 4.79 Å². The number of H-pyrrole nitrogens is 1. The van der Waals surface area contributed by atoms with Gasteiger partial charge in [0, 0.05) is 10.9 Å². The van der Waals surface area contributed by atoms with Crippen LogP contribution in [0.2, 0.25) is 0 Å². The number of thioether (sulfide) groups is 1. The quantitative estimate of drug-likeness (QED) is 0.500. The second kappa shape index (κ2) is 8.07. The highest BCUT2D eigenvalue weighted by atomic mass is 32.2. The van der Waals surface area contributed by atoms with E-state index in [1.54, 1.807) is 0 Å². The van der Waals surface area contributed by atoms with Crippen molar-refractivity contribution in [2.45, 2.75) is 51.3 Å². The van der Waals surface area contributed by atoms with Crippen molar-refractivity contribution in [1.29, 1.82) is 0 Å². The van der Waals surface area contributed by atoms with Crippen LogP contribution in [0, 0.1) is 17.8 Å². The number of hydrogen-bond acceptors (Lipinski definition) is 6. The minimum Gasteiger partial charge on any atom is -0.461 e. The van der Waals surface area contributed by atoms with Crippen LogP contribution in [0.1, 0.15) is 40.0 Å². The van der Waals surface area contributed by atoms with Gasteiger partial charge in [0.1, 0.15) is 11.6 Å². The van der Waals surface area contributed by atoms with E-state index in [0.29, 0.717) is 28.6 Å². The summed E-state index contributed by atoms with van der Waals surface area (Å²) in [5.74, 6) is 1.58. The molecule has 1 aliphatic carbocycles. The van der Waals surface area contributed by atoms with Crippen LogP contribution in [0.25, 0.3) is 22.1 Å². The van der Waals surface area contributed by atoms with Crippen LogP contribution in [0.4, 0.5) is 0 Å². The molecule has 0 radical (unpaired) electrons. The van der Waals surface area contributed by atoms with E-state index in [4.69, 9.17) is 4.74 Å². The summed E-state index contributed by atoms with van der Waals surface area (Å²) in [6.45, 7) is 6.66. The highest BCUT2D eigenvalue weighted by Crippen LogP contribution is 2.35. The number of esters is 1. The van der Waals surface area contributed by atoms with E-state index in [-0.39, 0.29) is 17.8 Å². The molecule has 0 aliphatic heterocycles. The van der Waals surface area contributed by atoms with Crippen molar-refractivity contribution in [1.82, 2.24) is 20.2 Å². The van der Waals surface area contributed by atoms with Gasteiger partial charge in [-0.3, -0.25) is 4.79 Å². The first kappa shape index (κ1) is 19.2. The molecule has 1 N–H and O–H groups in total. The summed E-state index contributed by atoms with van der Waals surface area (Å²) in [6.07, 6.45) is 3.33. The number of aromatic nitrogens is 4. The molecule has 7 heteroatoms. The van der Waals surface area contributed by atoms with Crippen molar-refractivity contribution in [2.24, 2.45) is 17.8 Å². The second-order valence-electron chi connectivity index (χ2n) is 8.11. The van der Waals surface area contributed by atoms with Crippen LogP contribution < -0.4 is 0 Å². The Morgan fingerprint density at radius 2 is 2.11 bits per heavy atom. The third kappa shape index (κ3) is 3.99. The van der Waals surface area contributed by atoms with Gasteiger partial charge in [0.05, 0.1) is 5.75 Å². The molecule has 0 saturated heterocycles. The first-order chi connectivity index (χ1) is 13.5. The van der Waals surface area contributed by atoms with Gasteiger partial charge in [-0.15, -0.1) is 10.2 Å². The highest BCUT2D eigenvalue weighted by molar-refractivity contribution is 7.99. The van der Waals surface area contributed by atoms with Gasteiger partial charge >= 0.3 is 5.97 Å². The number of ether oxygens (including phenoxy) is 1. The zero-order chi connectivity index (χ0) is 19.7. The fourth-order valence-corrected chi connectivity index (χ4v) is 4.71. The fourth-order valence-electron chi connectivity index (χ4n) is 4.14. The van der Waals surface area contributed by atoms with Gasteiger partial charge in [-0.2, -0.15) is 0 Å². The molecule has 1 aliphatic rings. The summed E-state index contributed by atoms with van der Waals surface area (Å²) in [6, 6.07) is 7.91. The van der Waals surface area contributed by atoms with Crippen LogP contribution in [-0.2, 0) is 9.53 Å². The Balaban J connectivity index is 1.40. The Hall–Kier alpha value is -2.15. The Kier molecular flexibility index (Phi) is 5.53. The molecule has 1 fully saturated rings. The summed E-state index contributed by atoms with van der Waals surface area (Å²) in [5, 5.41) is 9.95. The van der Waals surface area contributed by atoms with Crippen molar-refractivity contribution in [2.75, 3.05) is 5.75 Å². The van der Waals surface area contributed by atoms with Gasteiger partial charge in [-0.05, 0) is 36.7 Å². The van der Waals surface area contributed by atoms with Gasteiger partial charge in [0.15, 0.2) is 5.65 Å². The van der Waals surface area contributed by atoms with Gasteiger partial charge in [0.25, 0.3) is 0 Å². The third-order valence-corrected chi connectivity index (χ3v) is 6.48. The largest absolute Gasteiger partial charge is 0.461 e. The molecule has 3 atom stereocenters. The number of aromatic amines is 1. The Morgan fingerprint density at radius 1 is 1.29 bits per heavy atom. The number of rotatable bonds is 5. The molecule has 3 aromatic rings. The summed E-state index contributed by atoms with van der Waals surface area (Å²) in [5.41, 5.74) is 2.42. The van der Waals surface area contributed by atoms with E-state index in [2.05, 4.69) is 40.9 Å². The second-order valence-corrected chi connectivity index (χ2v) is 9.05. The van der Waals surface area contributed by atoms with Crippen LogP contribution >= 0.6 is 11.8 Å². The molecule has 2 heterocycles. The van der Waals surface area contributed by atoms with Gasteiger partial charge in [0.2, 0.25) is 5.16 Å². The zero-order valence-corrected chi connectivity index (χ0v) is 17.3. The van der Waals surface area contributed by atoms with Gasteiger partial charge in [-0.1, -0.05) is 57.2 Å². The van der Waals surface area contributed by atoms with Gasteiger partial charge in [-0.25, -0.2) is 4.98 Å². The molecule has 0 spiro atoms. The zero-order valence-electron chi connectivity index (χ0n) is 16.5. The first-order valence-corrected chi connectivity index (χ1v) is 10.9. The average Bonchev–Trinajstić information content (AvgIpc) is 3.04. The number of nitrogens with zero attached hydrogens (tertiary/aromatic N) is 3. The van der Waals surface area contributed by atoms with Crippen molar-refractivity contribution >= 4 is 39.8 Å². The van der Waals surface area contributed by atoms with Crippen molar-refractivity contribution in [3.63, 3.8) is 0 Å². The minimum atomic E-state index is -0.199. The van der Waals surface area contributed by atoms with Crippen LogP contribution in [0.5, 0.6) is 0 Å². The predicted octanol–water partition coefficient (Wildman–Crippen LogP) is 4.60. The monoisotopic (exact) mass is 398 g/mol. The Morgan fingerprint density at radius 3 is 2.93 bits per heavy atom. The van der Waals surface area contributed by atoms with E-state index in [1.165, 1.54) is 18.2 Å². The number of para-hydroxylation sites is 1. The lowest BCUT2D eigenvalue weighted by atomic mass is 9.75. The number of fused-ring (bicyclic) bond motifs is 3. The molecule has 0 amide bonds. The molecular formula is C21H26N4O2S. The molecule has 1 saturated carbocycles. The van der Waals surface area contributed by atoms with Crippen molar-refractivity contribution in [3.05, 3.63) is 24.3 Å². The SMILES string of the molecule is CC(C)[C@@H]1CC[C@@H](C)C[C@@H]1OC(=O)CSc1nnc2c(n1)[nH]c1ccccc12. The van der Waals surface area contributed by atoms with Crippen molar-refractivity contribution < 1.29 is 9.53 Å². The molecule has 0 unspecified atom stereocenters. The van der Waals surface area contributed by atoms with Gasteiger partial charge < -0.3 is 9.72 Å². The van der Waals surface area contributed by atoms with Crippen LogP contribution in [-0.4, -0.2) is 38.0 Å². The first-order valence-electron chi connectivity index (χ1n) is 9.94. The minimum absolute atomic E-state index is 0.0204. The molecule has 6 nitrogen and oxygen atoms in total. The number of hydrogen-bond donors (Lipinski definition) is 1. The topological polar surface area (TPSA) is 80.8 Å².